The molecule has 0 heterocycles. The maximum absolute atomic E-state index is 10.7. The molecule has 0 unspecified atom stereocenters. The van der Waals surface area contributed by atoms with Crippen LogP contribution >= 0.6 is 12.6 Å². The molecule has 0 saturated heterocycles. The van der Waals surface area contributed by atoms with E-state index in [9.17, 15) is 4.79 Å². The SMILES string of the molecule is C.CCNC(=O)/C(C)=C/S. The number of hydrogen-bond donors (Lipinski definition) is 2. The molecular formula is C7H15NOS. The lowest BCUT2D eigenvalue weighted by molar-refractivity contribution is -0.117. The molecule has 1 amide bonds. The number of amides is 1. The first-order valence-corrected chi connectivity index (χ1v) is 3.33. The van der Waals surface area contributed by atoms with Crippen molar-refractivity contribution in [2.75, 3.05) is 6.54 Å². The van der Waals surface area contributed by atoms with Gasteiger partial charge in [-0.05, 0) is 19.3 Å². The molecular weight excluding hydrogens is 146 g/mol. The van der Waals surface area contributed by atoms with Gasteiger partial charge in [-0.15, -0.1) is 0 Å². The minimum absolute atomic E-state index is 0. The van der Waals surface area contributed by atoms with Crippen LogP contribution in [-0.2, 0) is 4.79 Å². The molecule has 2 nitrogen and oxygen atoms in total. The number of likely N-dealkylation sites (N-methyl/N-ethyl adjacent to an activating group) is 1. The monoisotopic (exact) mass is 161 g/mol. The minimum atomic E-state index is -0.0486. The van der Waals surface area contributed by atoms with Crippen molar-refractivity contribution in [2.45, 2.75) is 21.3 Å². The van der Waals surface area contributed by atoms with E-state index in [0.29, 0.717) is 12.1 Å². The van der Waals surface area contributed by atoms with Crippen molar-refractivity contribution in [2.24, 2.45) is 0 Å². The topological polar surface area (TPSA) is 29.1 Å². The second-order valence-electron chi connectivity index (χ2n) is 1.67. The predicted molar refractivity (Wildman–Crippen MR) is 48.2 cm³/mol. The van der Waals surface area contributed by atoms with E-state index in [1.807, 2.05) is 6.92 Å². The summed E-state index contributed by atoms with van der Waals surface area (Å²) in [6.07, 6.45) is 0. The Balaban J connectivity index is 0. The largest absolute Gasteiger partial charge is 0.353 e. The second-order valence-corrected chi connectivity index (χ2v) is 1.93. The molecule has 0 radical (unpaired) electrons. The molecule has 10 heavy (non-hydrogen) atoms. The van der Waals surface area contributed by atoms with Gasteiger partial charge in [-0.25, -0.2) is 0 Å². The fraction of sp³-hybridized carbons (Fsp3) is 0.571. The Labute approximate surface area is 68.1 Å². The van der Waals surface area contributed by atoms with Crippen molar-refractivity contribution >= 4 is 18.5 Å². The first kappa shape index (κ1) is 12.3. The average Bonchev–Trinajstić information content (AvgIpc) is 1.87. The third kappa shape index (κ3) is 4.44. The van der Waals surface area contributed by atoms with E-state index in [-0.39, 0.29) is 13.3 Å². The lowest BCUT2D eigenvalue weighted by atomic mass is 10.3. The Kier molecular flexibility index (Phi) is 8.18. The van der Waals surface area contributed by atoms with Crippen LogP contribution in [0, 0.1) is 0 Å². The molecule has 0 aromatic carbocycles. The van der Waals surface area contributed by atoms with Crippen LogP contribution in [-0.4, -0.2) is 12.5 Å². The molecule has 0 saturated carbocycles. The maximum atomic E-state index is 10.7. The highest BCUT2D eigenvalue weighted by atomic mass is 32.1. The van der Waals surface area contributed by atoms with E-state index in [4.69, 9.17) is 0 Å². The number of carbonyl (C=O) groups excluding carboxylic acids is 1. The fourth-order valence-electron chi connectivity index (χ4n) is 0.359. The van der Waals surface area contributed by atoms with Gasteiger partial charge in [0.15, 0.2) is 0 Å². The summed E-state index contributed by atoms with van der Waals surface area (Å²) in [6, 6.07) is 0. The molecule has 0 atom stereocenters. The molecule has 0 aliphatic heterocycles. The molecule has 0 aromatic rings. The Hall–Kier alpha value is -0.440. The van der Waals surface area contributed by atoms with Gasteiger partial charge in [0.1, 0.15) is 0 Å². The van der Waals surface area contributed by atoms with Gasteiger partial charge in [0.05, 0.1) is 0 Å². The third-order valence-corrected chi connectivity index (χ3v) is 1.28. The van der Waals surface area contributed by atoms with Gasteiger partial charge < -0.3 is 5.32 Å². The molecule has 60 valence electrons. The lowest BCUT2D eigenvalue weighted by Gasteiger charge is -1.98. The number of rotatable bonds is 2. The van der Waals surface area contributed by atoms with Crippen LogP contribution in [0.3, 0.4) is 0 Å². The third-order valence-electron chi connectivity index (χ3n) is 0.889. The summed E-state index contributed by atoms with van der Waals surface area (Å²) in [5, 5.41) is 4.13. The van der Waals surface area contributed by atoms with Crippen molar-refractivity contribution in [1.29, 1.82) is 0 Å². The van der Waals surface area contributed by atoms with Crippen molar-refractivity contribution in [3.05, 3.63) is 11.0 Å². The van der Waals surface area contributed by atoms with Crippen LogP contribution in [0.4, 0.5) is 0 Å². The lowest BCUT2D eigenvalue weighted by Crippen LogP contribution is -2.22. The van der Waals surface area contributed by atoms with Crippen LogP contribution in [0.25, 0.3) is 0 Å². The zero-order valence-electron chi connectivity index (χ0n) is 5.64. The van der Waals surface area contributed by atoms with Crippen molar-refractivity contribution in [3.8, 4) is 0 Å². The molecule has 0 fully saturated rings. The number of thiol groups is 1. The maximum Gasteiger partial charge on any atom is 0.247 e. The molecule has 1 N–H and O–H groups in total. The van der Waals surface area contributed by atoms with Crippen LogP contribution in [0.1, 0.15) is 21.3 Å². The standard InChI is InChI=1S/C6H11NOS.CH4/c1-3-7-6(8)5(2)4-9;/h4,9H,3H2,1-2H3,(H,7,8);1H4/b5-4+;. The second kappa shape index (κ2) is 6.68. The van der Waals surface area contributed by atoms with E-state index in [1.54, 1.807) is 6.92 Å². The van der Waals surface area contributed by atoms with Gasteiger partial charge in [-0.3, -0.25) is 4.79 Å². The summed E-state index contributed by atoms with van der Waals surface area (Å²) >= 11 is 3.82. The molecule has 3 heteroatoms. The Morgan fingerprint density at radius 1 is 1.70 bits per heavy atom. The zero-order chi connectivity index (χ0) is 7.28. The van der Waals surface area contributed by atoms with Crippen molar-refractivity contribution in [1.82, 2.24) is 5.32 Å². The summed E-state index contributed by atoms with van der Waals surface area (Å²) in [5.74, 6) is -0.0486. The number of hydrogen-bond acceptors (Lipinski definition) is 2. The predicted octanol–water partition coefficient (Wildman–Crippen LogP) is 1.59. The summed E-state index contributed by atoms with van der Waals surface area (Å²) in [5.41, 5.74) is 0.639. The molecule has 0 spiro atoms. The highest BCUT2D eigenvalue weighted by Crippen LogP contribution is 1.92. The fourth-order valence-corrected chi connectivity index (χ4v) is 0.476. The average molecular weight is 161 g/mol. The van der Waals surface area contributed by atoms with Crippen LogP contribution in [0.15, 0.2) is 11.0 Å². The van der Waals surface area contributed by atoms with E-state index in [2.05, 4.69) is 17.9 Å². The van der Waals surface area contributed by atoms with E-state index >= 15 is 0 Å². The van der Waals surface area contributed by atoms with Crippen LogP contribution in [0.5, 0.6) is 0 Å². The van der Waals surface area contributed by atoms with Gasteiger partial charge in [0, 0.05) is 12.1 Å². The van der Waals surface area contributed by atoms with Gasteiger partial charge in [-0.1, -0.05) is 7.43 Å². The molecule has 0 aliphatic rings. The van der Waals surface area contributed by atoms with Crippen LogP contribution in [0.2, 0.25) is 0 Å². The summed E-state index contributed by atoms with van der Waals surface area (Å²) in [7, 11) is 0. The summed E-state index contributed by atoms with van der Waals surface area (Å²) < 4.78 is 0. The first-order valence-electron chi connectivity index (χ1n) is 2.81. The summed E-state index contributed by atoms with van der Waals surface area (Å²) in [6.45, 7) is 4.26. The Morgan fingerprint density at radius 3 is 2.50 bits per heavy atom. The van der Waals surface area contributed by atoms with Gasteiger partial charge in [-0.2, -0.15) is 12.6 Å². The van der Waals surface area contributed by atoms with E-state index < -0.39 is 0 Å². The number of nitrogens with one attached hydrogen (secondary N) is 1. The van der Waals surface area contributed by atoms with Gasteiger partial charge in [0.2, 0.25) is 5.91 Å². The Morgan fingerprint density at radius 2 is 2.20 bits per heavy atom. The minimum Gasteiger partial charge on any atom is -0.353 e. The van der Waals surface area contributed by atoms with Gasteiger partial charge in [0.25, 0.3) is 0 Å². The highest BCUT2D eigenvalue weighted by molar-refractivity contribution is 7.83. The smallest absolute Gasteiger partial charge is 0.247 e. The molecule has 0 bridgehead atoms. The molecule has 0 rings (SSSR count). The first-order chi connectivity index (χ1) is 4.22. The quantitative estimate of drug-likeness (QED) is 0.467. The molecule has 0 aliphatic carbocycles. The van der Waals surface area contributed by atoms with E-state index in [0.717, 1.165) is 0 Å². The number of carbonyl (C=O) groups is 1. The van der Waals surface area contributed by atoms with Crippen molar-refractivity contribution in [3.63, 3.8) is 0 Å². The summed E-state index contributed by atoms with van der Waals surface area (Å²) in [4.78, 5) is 10.7. The zero-order valence-corrected chi connectivity index (χ0v) is 6.53. The Bertz CT molecular complexity index is 132. The normalized spacial score (nSPS) is 10.1. The van der Waals surface area contributed by atoms with Crippen molar-refractivity contribution < 1.29 is 4.79 Å². The van der Waals surface area contributed by atoms with E-state index in [1.165, 1.54) is 5.41 Å². The van der Waals surface area contributed by atoms with Crippen LogP contribution < -0.4 is 5.32 Å². The molecule has 0 aromatic heterocycles. The highest BCUT2D eigenvalue weighted by Gasteiger charge is 1.97. The van der Waals surface area contributed by atoms with Gasteiger partial charge >= 0.3 is 0 Å².